The van der Waals surface area contributed by atoms with Crippen molar-refractivity contribution in [1.82, 2.24) is 10.3 Å². The van der Waals surface area contributed by atoms with Crippen molar-refractivity contribution in [3.05, 3.63) is 59.3 Å². The second-order valence-electron chi connectivity index (χ2n) is 5.83. The van der Waals surface area contributed by atoms with E-state index in [0.717, 1.165) is 25.1 Å². The predicted molar refractivity (Wildman–Crippen MR) is 84.5 cm³/mol. The van der Waals surface area contributed by atoms with Gasteiger partial charge in [-0.1, -0.05) is 6.07 Å². The van der Waals surface area contributed by atoms with Gasteiger partial charge in [0, 0.05) is 24.7 Å². The quantitative estimate of drug-likeness (QED) is 0.916. The highest BCUT2D eigenvalue weighted by atomic mass is 19.2. The molecule has 0 amide bonds. The Bertz CT molecular complexity index is 743. The molecule has 2 aromatic rings. The highest BCUT2D eigenvalue weighted by Crippen LogP contribution is 2.31. The third-order valence-corrected chi connectivity index (χ3v) is 4.32. The molecule has 1 N–H and O–H groups in total. The van der Waals surface area contributed by atoms with E-state index in [1.54, 1.807) is 18.2 Å². The highest BCUT2D eigenvalue weighted by Gasteiger charge is 2.28. The van der Waals surface area contributed by atoms with Gasteiger partial charge in [0.2, 0.25) is 5.88 Å². The average molecular weight is 329 g/mol. The molecule has 4 nitrogen and oxygen atoms in total. The number of nitriles is 1. The molecule has 0 saturated carbocycles. The SMILES string of the molecule is N#Cc1ccc(OCC[C@H]2CNC[C@@H]2c2ccc(F)c(F)c2)nc1. The third-order valence-electron chi connectivity index (χ3n) is 4.32. The Morgan fingerprint density at radius 3 is 2.79 bits per heavy atom. The number of ether oxygens (including phenoxy) is 1. The van der Waals surface area contributed by atoms with Gasteiger partial charge in [-0.25, -0.2) is 13.8 Å². The van der Waals surface area contributed by atoms with E-state index in [1.807, 2.05) is 6.07 Å². The molecule has 1 fully saturated rings. The van der Waals surface area contributed by atoms with Crippen LogP contribution in [0.4, 0.5) is 8.78 Å². The van der Waals surface area contributed by atoms with E-state index in [2.05, 4.69) is 10.3 Å². The molecule has 1 aliphatic heterocycles. The van der Waals surface area contributed by atoms with E-state index in [4.69, 9.17) is 10.00 Å². The molecular weight excluding hydrogens is 312 g/mol. The number of nitrogens with zero attached hydrogens (tertiary/aromatic N) is 2. The molecular formula is C18H17F2N3O. The van der Waals surface area contributed by atoms with Crippen LogP contribution in [-0.4, -0.2) is 24.7 Å². The van der Waals surface area contributed by atoms with Crippen LogP contribution in [0, 0.1) is 28.9 Å². The maximum absolute atomic E-state index is 13.4. The van der Waals surface area contributed by atoms with Crippen molar-refractivity contribution in [3.63, 3.8) is 0 Å². The van der Waals surface area contributed by atoms with Gasteiger partial charge >= 0.3 is 0 Å². The summed E-state index contributed by atoms with van der Waals surface area (Å²) in [6.45, 7) is 2.03. The molecule has 124 valence electrons. The van der Waals surface area contributed by atoms with Crippen LogP contribution in [0.2, 0.25) is 0 Å². The first-order chi connectivity index (χ1) is 11.7. The summed E-state index contributed by atoms with van der Waals surface area (Å²) in [7, 11) is 0. The van der Waals surface area contributed by atoms with Crippen LogP contribution < -0.4 is 10.1 Å². The van der Waals surface area contributed by atoms with Crippen LogP contribution in [0.1, 0.15) is 23.5 Å². The Morgan fingerprint density at radius 1 is 1.21 bits per heavy atom. The number of halogens is 2. The zero-order valence-electron chi connectivity index (χ0n) is 13.0. The molecule has 0 unspecified atom stereocenters. The van der Waals surface area contributed by atoms with Gasteiger partial charge in [-0.15, -0.1) is 0 Å². The summed E-state index contributed by atoms with van der Waals surface area (Å²) in [5, 5.41) is 12.0. The van der Waals surface area contributed by atoms with Gasteiger partial charge in [-0.2, -0.15) is 5.26 Å². The van der Waals surface area contributed by atoms with E-state index in [1.165, 1.54) is 18.3 Å². The van der Waals surface area contributed by atoms with Gasteiger partial charge in [-0.05, 0) is 42.6 Å². The fourth-order valence-corrected chi connectivity index (χ4v) is 3.02. The van der Waals surface area contributed by atoms with Crippen LogP contribution in [0.15, 0.2) is 36.5 Å². The zero-order valence-corrected chi connectivity index (χ0v) is 13.0. The molecule has 2 atom stereocenters. The number of benzene rings is 1. The molecule has 1 aromatic heterocycles. The molecule has 0 spiro atoms. The minimum Gasteiger partial charge on any atom is -0.478 e. The van der Waals surface area contributed by atoms with Gasteiger partial charge < -0.3 is 10.1 Å². The number of aromatic nitrogens is 1. The monoisotopic (exact) mass is 329 g/mol. The lowest BCUT2D eigenvalue weighted by molar-refractivity contribution is 0.267. The van der Waals surface area contributed by atoms with Crippen molar-refractivity contribution in [1.29, 1.82) is 5.26 Å². The second kappa shape index (κ2) is 7.37. The van der Waals surface area contributed by atoms with Crippen molar-refractivity contribution in [2.75, 3.05) is 19.7 Å². The Hall–Kier alpha value is -2.52. The predicted octanol–water partition coefficient (Wildman–Crippen LogP) is 3.00. The number of pyridine rings is 1. The zero-order chi connectivity index (χ0) is 16.9. The van der Waals surface area contributed by atoms with Crippen molar-refractivity contribution in [2.24, 2.45) is 5.92 Å². The van der Waals surface area contributed by atoms with E-state index in [0.29, 0.717) is 18.1 Å². The van der Waals surface area contributed by atoms with Crippen molar-refractivity contribution in [3.8, 4) is 11.9 Å². The first kappa shape index (κ1) is 16.3. The topological polar surface area (TPSA) is 57.9 Å². The number of rotatable bonds is 5. The maximum atomic E-state index is 13.4. The lowest BCUT2D eigenvalue weighted by atomic mass is 9.87. The highest BCUT2D eigenvalue weighted by molar-refractivity contribution is 5.28. The molecule has 1 aromatic carbocycles. The fraction of sp³-hybridized carbons (Fsp3) is 0.333. The third kappa shape index (κ3) is 3.69. The minimum atomic E-state index is -0.823. The van der Waals surface area contributed by atoms with E-state index >= 15 is 0 Å². The lowest BCUT2D eigenvalue weighted by Gasteiger charge is -2.19. The van der Waals surface area contributed by atoms with Crippen LogP contribution in [-0.2, 0) is 0 Å². The Labute approximate surface area is 139 Å². The summed E-state index contributed by atoms with van der Waals surface area (Å²) >= 11 is 0. The second-order valence-corrected chi connectivity index (χ2v) is 5.83. The van der Waals surface area contributed by atoms with Crippen LogP contribution >= 0.6 is 0 Å². The molecule has 24 heavy (non-hydrogen) atoms. The number of hydrogen-bond acceptors (Lipinski definition) is 4. The Balaban J connectivity index is 1.57. The summed E-state index contributed by atoms with van der Waals surface area (Å²) in [5.74, 6) is -0.733. The number of hydrogen-bond donors (Lipinski definition) is 1. The van der Waals surface area contributed by atoms with Crippen LogP contribution in [0.25, 0.3) is 0 Å². The van der Waals surface area contributed by atoms with Crippen molar-refractivity contribution < 1.29 is 13.5 Å². The molecule has 2 heterocycles. The smallest absolute Gasteiger partial charge is 0.213 e. The van der Waals surface area contributed by atoms with E-state index in [9.17, 15) is 8.78 Å². The van der Waals surface area contributed by atoms with Gasteiger partial charge in [0.25, 0.3) is 0 Å². The molecule has 1 saturated heterocycles. The first-order valence-electron chi connectivity index (χ1n) is 7.82. The standard InChI is InChI=1S/C18H17F2N3O/c19-16-3-2-13(7-17(16)20)15-11-22-10-14(15)5-6-24-18-4-1-12(8-21)9-23-18/h1-4,7,9,14-15,22H,5-6,10-11H2/t14-,15+/m0/s1. The molecule has 0 bridgehead atoms. The molecule has 0 radical (unpaired) electrons. The first-order valence-corrected chi connectivity index (χ1v) is 7.82. The van der Waals surface area contributed by atoms with Crippen LogP contribution in [0.3, 0.4) is 0 Å². The van der Waals surface area contributed by atoms with Gasteiger partial charge in [0.05, 0.1) is 12.2 Å². The Morgan fingerprint density at radius 2 is 2.08 bits per heavy atom. The average Bonchev–Trinajstić information content (AvgIpc) is 3.06. The number of nitrogens with one attached hydrogen (secondary N) is 1. The summed E-state index contributed by atoms with van der Waals surface area (Å²) in [5.41, 5.74) is 1.29. The largest absolute Gasteiger partial charge is 0.478 e. The van der Waals surface area contributed by atoms with Gasteiger partial charge in [0.15, 0.2) is 11.6 Å². The maximum Gasteiger partial charge on any atom is 0.213 e. The summed E-state index contributed by atoms with van der Waals surface area (Å²) in [6, 6.07) is 9.43. The molecule has 0 aliphatic carbocycles. The molecule has 1 aliphatic rings. The molecule has 3 rings (SSSR count). The fourth-order valence-electron chi connectivity index (χ4n) is 3.02. The van der Waals surface area contributed by atoms with E-state index < -0.39 is 11.6 Å². The van der Waals surface area contributed by atoms with Gasteiger partial charge in [-0.3, -0.25) is 0 Å². The Kier molecular flexibility index (Phi) is 5.02. The summed E-state index contributed by atoms with van der Waals surface area (Å²) < 4.78 is 32.1. The van der Waals surface area contributed by atoms with Crippen molar-refractivity contribution >= 4 is 0 Å². The normalized spacial score (nSPS) is 19.9. The van der Waals surface area contributed by atoms with Crippen molar-refractivity contribution in [2.45, 2.75) is 12.3 Å². The minimum absolute atomic E-state index is 0.137. The van der Waals surface area contributed by atoms with Gasteiger partial charge in [0.1, 0.15) is 6.07 Å². The molecule has 6 heteroatoms. The summed E-state index contributed by atoms with van der Waals surface area (Å²) in [4.78, 5) is 4.06. The lowest BCUT2D eigenvalue weighted by Crippen LogP contribution is -2.15. The van der Waals surface area contributed by atoms with E-state index in [-0.39, 0.29) is 11.8 Å². The van der Waals surface area contributed by atoms with Crippen LogP contribution in [0.5, 0.6) is 5.88 Å². The summed E-state index contributed by atoms with van der Waals surface area (Å²) in [6.07, 6.45) is 2.24.